The summed E-state index contributed by atoms with van der Waals surface area (Å²) in [6.45, 7) is -0.0621. The van der Waals surface area contributed by atoms with Crippen LogP contribution in [0.25, 0.3) is 0 Å². The zero-order valence-corrected chi connectivity index (χ0v) is 12.2. The largest absolute Gasteiger partial charge is 0.387 e. The Morgan fingerprint density at radius 1 is 1.18 bits per heavy atom. The average Bonchev–Trinajstić information content (AvgIpc) is 2.53. The van der Waals surface area contributed by atoms with Crippen molar-refractivity contribution in [3.05, 3.63) is 59.4 Å². The number of nitrogens with zero attached hydrogens (tertiary/aromatic N) is 1. The summed E-state index contributed by atoms with van der Waals surface area (Å²) in [7, 11) is 0. The Kier molecular flexibility index (Phi) is 5.46. The van der Waals surface area contributed by atoms with E-state index in [1.807, 2.05) is 6.07 Å². The monoisotopic (exact) mass is 319 g/mol. The van der Waals surface area contributed by atoms with Crippen LogP contribution in [0.1, 0.15) is 11.7 Å². The zero-order chi connectivity index (χ0) is 15.9. The van der Waals surface area contributed by atoms with Gasteiger partial charge in [0.1, 0.15) is 5.15 Å². The molecule has 114 valence electrons. The molecule has 0 fully saturated rings. The predicted molar refractivity (Wildman–Crippen MR) is 82.3 cm³/mol. The average molecular weight is 320 g/mol. The van der Waals surface area contributed by atoms with Crippen molar-refractivity contribution in [1.82, 2.24) is 10.3 Å². The molecule has 0 aliphatic carbocycles. The van der Waals surface area contributed by atoms with E-state index >= 15 is 0 Å². The number of rotatable bonds is 4. The van der Waals surface area contributed by atoms with Gasteiger partial charge in [0, 0.05) is 18.4 Å². The van der Waals surface area contributed by atoms with Gasteiger partial charge >= 0.3 is 11.8 Å². The maximum absolute atomic E-state index is 11.7. The molecule has 1 heterocycles. The van der Waals surface area contributed by atoms with E-state index in [9.17, 15) is 14.7 Å². The second-order valence-electron chi connectivity index (χ2n) is 4.46. The minimum atomic E-state index is -0.881. The number of halogens is 1. The minimum Gasteiger partial charge on any atom is -0.387 e. The number of hydrogen-bond donors (Lipinski definition) is 3. The molecule has 0 bridgehead atoms. The van der Waals surface area contributed by atoms with Gasteiger partial charge in [-0.05, 0) is 17.7 Å². The standard InChI is InChI=1S/C15H14ClN3O3/c16-13-8-11(6-7-17-13)19-15(22)14(21)18-9-12(20)10-4-2-1-3-5-10/h1-8,12,20H,9H2,(H,18,21)(H,17,19,22)/t12-/m1/s1. The summed E-state index contributed by atoms with van der Waals surface area (Å²) in [5, 5.41) is 14.9. The molecule has 2 amide bonds. The highest BCUT2D eigenvalue weighted by Crippen LogP contribution is 2.12. The fourth-order valence-corrected chi connectivity index (χ4v) is 1.90. The molecule has 6 nitrogen and oxygen atoms in total. The molecule has 1 aromatic heterocycles. The highest BCUT2D eigenvalue weighted by Gasteiger charge is 2.16. The van der Waals surface area contributed by atoms with Crippen molar-refractivity contribution < 1.29 is 14.7 Å². The first-order chi connectivity index (χ1) is 10.6. The topological polar surface area (TPSA) is 91.3 Å². The maximum atomic E-state index is 11.7. The van der Waals surface area contributed by atoms with Crippen molar-refractivity contribution in [2.75, 3.05) is 11.9 Å². The van der Waals surface area contributed by atoms with Crippen LogP contribution < -0.4 is 10.6 Å². The first-order valence-corrected chi connectivity index (χ1v) is 6.88. The Balaban J connectivity index is 1.85. The van der Waals surface area contributed by atoms with E-state index < -0.39 is 17.9 Å². The lowest BCUT2D eigenvalue weighted by molar-refractivity contribution is -0.136. The number of nitrogens with one attached hydrogen (secondary N) is 2. The van der Waals surface area contributed by atoms with Crippen molar-refractivity contribution in [1.29, 1.82) is 0 Å². The van der Waals surface area contributed by atoms with Gasteiger partial charge in [-0.2, -0.15) is 0 Å². The number of aliphatic hydroxyl groups is 1. The molecule has 2 aromatic rings. The van der Waals surface area contributed by atoms with Gasteiger partial charge in [-0.3, -0.25) is 9.59 Å². The van der Waals surface area contributed by atoms with Crippen LogP contribution in [0.5, 0.6) is 0 Å². The molecule has 0 aliphatic heterocycles. The third-order valence-electron chi connectivity index (χ3n) is 2.83. The number of amides is 2. The van der Waals surface area contributed by atoms with Gasteiger partial charge in [0.25, 0.3) is 0 Å². The molecular formula is C15H14ClN3O3. The third-order valence-corrected chi connectivity index (χ3v) is 3.04. The molecule has 0 unspecified atom stereocenters. The number of anilines is 1. The second kappa shape index (κ2) is 7.53. The molecular weight excluding hydrogens is 306 g/mol. The fourth-order valence-electron chi connectivity index (χ4n) is 1.73. The Hall–Kier alpha value is -2.44. The number of hydrogen-bond acceptors (Lipinski definition) is 4. The number of pyridine rings is 1. The highest BCUT2D eigenvalue weighted by molar-refractivity contribution is 6.39. The van der Waals surface area contributed by atoms with E-state index in [2.05, 4.69) is 15.6 Å². The predicted octanol–water partition coefficient (Wildman–Crippen LogP) is 1.52. The Morgan fingerprint density at radius 2 is 1.91 bits per heavy atom. The van der Waals surface area contributed by atoms with E-state index in [0.717, 1.165) is 0 Å². The molecule has 22 heavy (non-hydrogen) atoms. The number of aromatic nitrogens is 1. The number of benzene rings is 1. The van der Waals surface area contributed by atoms with E-state index in [-0.39, 0.29) is 11.7 Å². The van der Waals surface area contributed by atoms with E-state index in [1.54, 1.807) is 24.3 Å². The van der Waals surface area contributed by atoms with Crippen LogP contribution in [0.2, 0.25) is 5.15 Å². The SMILES string of the molecule is O=C(NC[C@@H](O)c1ccccc1)C(=O)Nc1ccnc(Cl)c1. The zero-order valence-electron chi connectivity index (χ0n) is 11.5. The van der Waals surface area contributed by atoms with Gasteiger partial charge in [0.15, 0.2) is 0 Å². The van der Waals surface area contributed by atoms with Crippen LogP contribution in [0, 0.1) is 0 Å². The van der Waals surface area contributed by atoms with Crippen LogP contribution in [0.3, 0.4) is 0 Å². The smallest absolute Gasteiger partial charge is 0.313 e. The van der Waals surface area contributed by atoms with Gasteiger partial charge in [-0.1, -0.05) is 41.9 Å². The Labute approximate surface area is 132 Å². The number of carbonyl (C=O) groups excluding carboxylic acids is 2. The van der Waals surface area contributed by atoms with Crippen LogP contribution in [0.15, 0.2) is 48.7 Å². The van der Waals surface area contributed by atoms with Crippen LogP contribution >= 0.6 is 11.6 Å². The van der Waals surface area contributed by atoms with Gasteiger partial charge < -0.3 is 15.7 Å². The molecule has 3 N–H and O–H groups in total. The maximum Gasteiger partial charge on any atom is 0.313 e. The van der Waals surface area contributed by atoms with Gasteiger partial charge in [0.2, 0.25) is 0 Å². The summed E-state index contributed by atoms with van der Waals surface area (Å²) in [5.74, 6) is -1.69. The van der Waals surface area contributed by atoms with E-state index in [0.29, 0.717) is 11.3 Å². The van der Waals surface area contributed by atoms with Crippen LogP contribution in [-0.4, -0.2) is 28.4 Å². The van der Waals surface area contributed by atoms with Crippen molar-refractivity contribution in [2.24, 2.45) is 0 Å². The molecule has 7 heteroatoms. The van der Waals surface area contributed by atoms with E-state index in [1.165, 1.54) is 18.3 Å². The van der Waals surface area contributed by atoms with Gasteiger partial charge in [0.05, 0.1) is 6.10 Å². The number of aliphatic hydroxyl groups excluding tert-OH is 1. The van der Waals surface area contributed by atoms with Crippen LogP contribution in [0.4, 0.5) is 5.69 Å². The molecule has 0 aliphatic rings. The lowest BCUT2D eigenvalue weighted by Gasteiger charge is -2.12. The molecule has 0 radical (unpaired) electrons. The van der Waals surface area contributed by atoms with Crippen molar-refractivity contribution in [3.8, 4) is 0 Å². The van der Waals surface area contributed by atoms with Crippen molar-refractivity contribution in [2.45, 2.75) is 6.10 Å². The Morgan fingerprint density at radius 3 is 2.59 bits per heavy atom. The Bertz CT molecular complexity index is 664. The van der Waals surface area contributed by atoms with Crippen molar-refractivity contribution in [3.63, 3.8) is 0 Å². The summed E-state index contributed by atoms with van der Waals surface area (Å²) < 4.78 is 0. The summed E-state index contributed by atoms with van der Waals surface area (Å²) in [5.41, 5.74) is 1.02. The van der Waals surface area contributed by atoms with Gasteiger partial charge in [-0.15, -0.1) is 0 Å². The van der Waals surface area contributed by atoms with E-state index in [4.69, 9.17) is 11.6 Å². The second-order valence-corrected chi connectivity index (χ2v) is 4.85. The minimum absolute atomic E-state index is 0.0621. The molecule has 1 atom stereocenters. The first kappa shape index (κ1) is 15.9. The summed E-state index contributed by atoms with van der Waals surface area (Å²) in [6, 6.07) is 11.8. The van der Waals surface area contributed by atoms with Crippen molar-refractivity contribution >= 4 is 29.1 Å². The summed E-state index contributed by atoms with van der Waals surface area (Å²) in [6.07, 6.45) is 0.531. The molecule has 0 saturated carbocycles. The summed E-state index contributed by atoms with van der Waals surface area (Å²) in [4.78, 5) is 27.2. The van der Waals surface area contributed by atoms with Gasteiger partial charge in [-0.25, -0.2) is 4.98 Å². The highest BCUT2D eigenvalue weighted by atomic mass is 35.5. The lowest BCUT2D eigenvalue weighted by atomic mass is 10.1. The number of carbonyl (C=O) groups is 2. The molecule has 2 rings (SSSR count). The molecule has 1 aromatic carbocycles. The first-order valence-electron chi connectivity index (χ1n) is 6.50. The molecule has 0 spiro atoms. The third kappa shape index (κ3) is 4.54. The van der Waals surface area contributed by atoms with Crippen LogP contribution in [-0.2, 0) is 9.59 Å². The normalized spacial score (nSPS) is 11.5. The molecule has 0 saturated heterocycles. The quantitative estimate of drug-likeness (QED) is 0.588. The fraction of sp³-hybridized carbons (Fsp3) is 0.133. The lowest BCUT2D eigenvalue weighted by Crippen LogP contribution is -2.37. The summed E-state index contributed by atoms with van der Waals surface area (Å²) >= 11 is 5.68.